The first-order valence-corrected chi connectivity index (χ1v) is 9.13. The fourth-order valence-electron chi connectivity index (χ4n) is 2.96. The minimum Gasteiger partial charge on any atom is -0.314 e. The summed E-state index contributed by atoms with van der Waals surface area (Å²) in [6, 6.07) is 0.650. The molecule has 2 fully saturated rings. The second-order valence-corrected chi connectivity index (χ2v) is 8.42. The number of hydrogen-bond acceptors (Lipinski definition) is 5. The monoisotopic (exact) mass is 298 g/mol. The molecule has 1 aromatic heterocycles. The quantitative estimate of drug-likeness (QED) is 0.809. The molecule has 1 aliphatic carbocycles. The number of hydrogen-bond donors (Lipinski definition) is 1. The van der Waals surface area contributed by atoms with Gasteiger partial charge in [0.1, 0.15) is 0 Å². The van der Waals surface area contributed by atoms with Gasteiger partial charge in [-0.2, -0.15) is 0 Å². The lowest BCUT2D eigenvalue weighted by Crippen LogP contribution is -2.32. The number of nitrogens with one attached hydrogen (secondary N) is 1. The highest BCUT2D eigenvalue weighted by Gasteiger charge is 2.34. The van der Waals surface area contributed by atoms with Crippen LogP contribution in [0.5, 0.6) is 0 Å². The van der Waals surface area contributed by atoms with Crippen LogP contribution in [-0.4, -0.2) is 47.5 Å². The van der Waals surface area contributed by atoms with Crippen LogP contribution in [0.15, 0.2) is 6.20 Å². The first kappa shape index (κ1) is 14.0. The van der Waals surface area contributed by atoms with E-state index in [2.05, 4.69) is 15.6 Å². The highest BCUT2D eigenvalue weighted by molar-refractivity contribution is 7.91. The lowest BCUT2D eigenvalue weighted by atomic mass is 9.88. The maximum absolute atomic E-state index is 11.7. The van der Waals surface area contributed by atoms with Gasteiger partial charge in [-0.05, 0) is 44.1 Å². The van der Waals surface area contributed by atoms with E-state index < -0.39 is 9.84 Å². The molecule has 2 unspecified atom stereocenters. The van der Waals surface area contributed by atoms with Gasteiger partial charge in [-0.25, -0.2) is 8.42 Å². The van der Waals surface area contributed by atoms with Crippen molar-refractivity contribution in [3.05, 3.63) is 11.9 Å². The predicted octanol–water partition coefficient (Wildman–Crippen LogP) is 0.161. The summed E-state index contributed by atoms with van der Waals surface area (Å²) in [5.74, 6) is 1.28. The molecule has 3 rings (SSSR count). The molecule has 112 valence electrons. The summed E-state index contributed by atoms with van der Waals surface area (Å²) in [7, 11) is -0.964. The summed E-state index contributed by atoms with van der Waals surface area (Å²) in [6.45, 7) is 0.890. The van der Waals surface area contributed by atoms with Gasteiger partial charge in [0.05, 0.1) is 17.2 Å². The van der Waals surface area contributed by atoms with Crippen LogP contribution in [0.1, 0.15) is 25.0 Å². The molecule has 2 heterocycles. The van der Waals surface area contributed by atoms with E-state index in [-0.39, 0.29) is 5.92 Å². The highest BCUT2D eigenvalue weighted by Crippen LogP contribution is 2.29. The molecule has 1 N–H and O–H groups in total. The van der Waals surface area contributed by atoms with Gasteiger partial charge in [0.15, 0.2) is 9.84 Å². The van der Waals surface area contributed by atoms with Gasteiger partial charge >= 0.3 is 0 Å². The SMILES string of the molecule is Cn1cc(CC(CNC2CC2)C2CCS(=O)(=O)C2)nn1. The second-order valence-electron chi connectivity index (χ2n) is 6.19. The minimum absolute atomic E-state index is 0.258. The Morgan fingerprint density at radius 2 is 2.25 bits per heavy atom. The Morgan fingerprint density at radius 1 is 1.45 bits per heavy atom. The van der Waals surface area contributed by atoms with Gasteiger partial charge in [-0.1, -0.05) is 5.21 Å². The standard InChI is InChI=1S/C13H22N4O2S/c1-17-8-13(15-16-17)6-11(7-14-12-2-3-12)10-4-5-20(18,19)9-10/h8,10-12,14H,2-7,9H2,1H3. The van der Waals surface area contributed by atoms with Crippen LogP contribution >= 0.6 is 0 Å². The summed E-state index contributed by atoms with van der Waals surface area (Å²) < 4.78 is 25.1. The third-order valence-corrected chi connectivity index (χ3v) is 6.10. The van der Waals surface area contributed by atoms with E-state index in [1.54, 1.807) is 4.68 Å². The zero-order chi connectivity index (χ0) is 14.2. The molecular weight excluding hydrogens is 276 g/mol. The molecule has 0 aromatic carbocycles. The Labute approximate surface area is 119 Å². The molecule has 0 spiro atoms. The molecule has 1 aromatic rings. The Morgan fingerprint density at radius 3 is 2.80 bits per heavy atom. The molecule has 1 aliphatic heterocycles. The molecule has 2 atom stereocenters. The van der Waals surface area contributed by atoms with E-state index >= 15 is 0 Å². The van der Waals surface area contributed by atoms with Crippen LogP contribution < -0.4 is 5.32 Å². The molecule has 20 heavy (non-hydrogen) atoms. The summed E-state index contributed by atoms with van der Waals surface area (Å²) in [6.07, 6.45) is 6.03. The minimum atomic E-state index is -2.82. The van der Waals surface area contributed by atoms with E-state index in [4.69, 9.17) is 0 Å². The Bertz CT molecular complexity index is 565. The second kappa shape index (κ2) is 5.44. The molecule has 1 saturated heterocycles. The summed E-state index contributed by atoms with van der Waals surface area (Å²) in [4.78, 5) is 0. The van der Waals surface area contributed by atoms with Gasteiger partial charge in [0.25, 0.3) is 0 Å². The zero-order valence-electron chi connectivity index (χ0n) is 11.8. The predicted molar refractivity (Wildman–Crippen MR) is 76.0 cm³/mol. The topological polar surface area (TPSA) is 76.9 Å². The third kappa shape index (κ3) is 3.58. The molecular formula is C13H22N4O2S. The number of rotatable bonds is 6. The first-order chi connectivity index (χ1) is 9.52. The van der Waals surface area contributed by atoms with E-state index in [1.807, 2.05) is 13.2 Å². The number of aryl methyl sites for hydroxylation is 1. The Kier molecular flexibility index (Phi) is 3.81. The average molecular weight is 298 g/mol. The fraction of sp³-hybridized carbons (Fsp3) is 0.846. The maximum Gasteiger partial charge on any atom is 0.150 e. The first-order valence-electron chi connectivity index (χ1n) is 7.31. The fourth-order valence-corrected chi connectivity index (χ4v) is 4.88. The number of sulfone groups is 1. The molecule has 0 bridgehead atoms. The molecule has 6 nitrogen and oxygen atoms in total. The van der Waals surface area contributed by atoms with Crippen molar-refractivity contribution in [3.8, 4) is 0 Å². The van der Waals surface area contributed by atoms with Crippen LogP contribution in [0.3, 0.4) is 0 Å². The van der Waals surface area contributed by atoms with Crippen LogP contribution in [0.2, 0.25) is 0 Å². The van der Waals surface area contributed by atoms with E-state index in [0.29, 0.717) is 23.5 Å². The van der Waals surface area contributed by atoms with Crippen molar-refractivity contribution in [2.45, 2.75) is 31.7 Å². The molecule has 7 heteroatoms. The van der Waals surface area contributed by atoms with Crippen molar-refractivity contribution < 1.29 is 8.42 Å². The molecule has 0 amide bonds. The van der Waals surface area contributed by atoms with Crippen molar-refractivity contribution >= 4 is 9.84 Å². The number of nitrogens with zero attached hydrogens (tertiary/aromatic N) is 3. The van der Waals surface area contributed by atoms with E-state index in [9.17, 15) is 8.42 Å². The zero-order valence-corrected chi connectivity index (χ0v) is 12.6. The van der Waals surface area contributed by atoms with Crippen LogP contribution in [0.4, 0.5) is 0 Å². The smallest absolute Gasteiger partial charge is 0.150 e. The lowest BCUT2D eigenvalue weighted by Gasteiger charge is -2.22. The van der Waals surface area contributed by atoms with Crippen molar-refractivity contribution in [3.63, 3.8) is 0 Å². The Hall–Kier alpha value is -0.950. The molecule has 2 aliphatic rings. The van der Waals surface area contributed by atoms with Gasteiger partial charge in [0, 0.05) is 19.3 Å². The Balaban J connectivity index is 1.66. The summed E-state index contributed by atoms with van der Waals surface area (Å²) in [5, 5.41) is 11.6. The van der Waals surface area contributed by atoms with Crippen molar-refractivity contribution in [2.24, 2.45) is 18.9 Å². The maximum atomic E-state index is 11.7. The van der Waals surface area contributed by atoms with Gasteiger partial charge < -0.3 is 5.32 Å². The highest BCUT2D eigenvalue weighted by atomic mass is 32.2. The summed E-state index contributed by atoms with van der Waals surface area (Å²) in [5.41, 5.74) is 0.958. The third-order valence-electron chi connectivity index (χ3n) is 4.30. The lowest BCUT2D eigenvalue weighted by molar-refractivity contribution is 0.339. The van der Waals surface area contributed by atoms with Gasteiger partial charge in [-0.3, -0.25) is 4.68 Å². The molecule has 0 radical (unpaired) electrons. The number of aromatic nitrogens is 3. The van der Waals surface area contributed by atoms with Crippen molar-refractivity contribution in [1.29, 1.82) is 0 Å². The van der Waals surface area contributed by atoms with Crippen molar-refractivity contribution in [2.75, 3.05) is 18.1 Å². The van der Waals surface area contributed by atoms with Gasteiger partial charge in [0.2, 0.25) is 0 Å². The largest absolute Gasteiger partial charge is 0.314 e. The molecule has 1 saturated carbocycles. The normalized spacial score (nSPS) is 26.8. The van der Waals surface area contributed by atoms with Gasteiger partial charge in [-0.15, -0.1) is 5.10 Å². The van der Waals surface area contributed by atoms with E-state index in [0.717, 1.165) is 25.1 Å². The van der Waals surface area contributed by atoms with Crippen LogP contribution in [0, 0.1) is 11.8 Å². The summed E-state index contributed by atoms with van der Waals surface area (Å²) >= 11 is 0. The van der Waals surface area contributed by atoms with Crippen LogP contribution in [0.25, 0.3) is 0 Å². The van der Waals surface area contributed by atoms with Crippen LogP contribution in [-0.2, 0) is 23.3 Å². The van der Waals surface area contributed by atoms with E-state index in [1.165, 1.54) is 12.8 Å². The average Bonchev–Trinajstić information content (AvgIpc) is 3.02. The van der Waals surface area contributed by atoms with Crippen molar-refractivity contribution in [1.82, 2.24) is 20.3 Å².